The summed E-state index contributed by atoms with van der Waals surface area (Å²) in [5, 5.41) is 22.8. The molecule has 25 heavy (non-hydrogen) atoms. The molecule has 3 rings (SSSR count). The van der Waals surface area contributed by atoms with Gasteiger partial charge in [-0.15, -0.1) is 16.4 Å². The van der Waals surface area contributed by atoms with Crippen LogP contribution in [-0.4, -0.2) is 21.0 Å². The Balaban J connectivity index is 1.60. The lowest BCUT2D eigenvalue weighted by Gasteiger charge is -1.96. The second-order valence-corrected chi connectivity index (χ2v) is 5.96. The number of amides is 1. The first-order valence-electron chi connectivity index (χ1n) is 7.18. The van der Waals surface area contributed by atoms with Crippen molar-refractivity contribution in [2.75, 3.05) is 5.32 Å². The number of thiophene rings is 1. The van der Waals surface area contributed by atoms with Gasteiger partial charge in [0.15, 0.2) is 0 Å². The Morgan fingerprint density at radius 2 is 2.20 bits per heavy atom. The third-order valence-electron chi connectivity index (χ3n) is 3.11. The second kappa shape index (κ2) is 7.49. The Morgan fingerprint density at radius 1 is 1.32 bits per heavy atom. The molecule has 0 unspecified atom stereocenters. The molecule has 0 radical (unpaired) electrons. The maximum Gasteiger partial charge on any atom is 0.322 e. The summed E-state index contributed by atoms with van der Waals surface area (Å²) in [5.41, 5.74) is 0.492. The zero-order chi connectivity index (χ0) is 17.6. The summed E-state index contributed by atoms with van der Waals surface area (Å²) in [4.78, 5) is 23.2. The van der Waals surface area contributed by atoms with Gasteiger partial charge in [0, 0.05) is 23.1 Å². The molecular weight excluding hydrogens is 344 g/mol. The monoisotopic (exact) mass is 356 g/mol. The number of nitro benzene ring substituents is 1. The molecule has 0 spiro atoms. The van der Waals surface area contributed by atoms with Gasteiger partial charge in [0.25, 0.3) is 11.6 Å². The largest absolute Gasteiger partial charge is 0.407 e. The van der Waals surface area contributed by atoms with Crippen LogP contribution in [0, 0.1) is 10.1 Å². The lowest BCUT2D eigenvalue weighted by molar-refractivity contribution is -0.384. The highest BCUT2D eigenvalue weighted by Crippen LogP contribution is 2.16. The molecule has 0 bridgehead atoms. The van der Waals surface area contributed by atoms with E-state index in [-0.39, 0.29) is 11.7 Å². The Bertz CT molecular complexity index is 918. The summed E-state index contributed by atoms with van der Waals surface area (Å²) in [6.45, 7) is 0. The van der Waals surface area contributed by atoms with E-state index in [1.807, 2.05) is 17.5 Å². The third kappa shape index (κ3) is 4.58. The van der Waals surface area contributed by atoms with Crippen LogP contribution in [0.25, 0.3) is 6.08 Å². The molecule has 9 heteroatoms. The van der Waals surface area contributed by atoms with Crippen LogP contribution in [-0.2, 0) is 11.2 Å². The van der Waals surface area contributed by atoms with Crippen LogP contribution >= 0.6 is 11.3 Å². The maximum absolute atomic E-state index is 11.9. The first-order valence-corrected chi connectivity index (χ1v) is 8.06. The van der Waals surface area contributed by atoms with E-state index < -0.39 is 10.8 Å². The number of benzene rings is 1. The molecular formula is C16H12N4O4S. The van der Waals surface area contributed by atoms with Crippen molar-refractivity contribution in [3.8, 4) is 0 Å². The second-order valence-electron chi connectivity index (χ2n) is 4.93. The summed E-state index contributed by atoms with van der Waals surface area (Å²) in [7, 11) is 0. The van der Waals surface area contributed by atoms with E-state index >= 15 is 0 Å². The highest BCUT2D eigenvalue weighted by atomic mass is 32.1. The highest BCUT2D eigenvalue weighted by molar-refractivity contribution is 7.09. The Labute approximate surface area is 146 Å². The van der Waals surface area contributed by atoms with Crippen LogP contribution in [0.3, 0.4) is 0 Å². The number of nitro groups is 1. The van der Waals surface area contributed by atoms with Crippen LogP contribution < -0.4 is 5.32 Å². The average molecular weight is 356 g/mol. The van der Waals surface area contributed by atoms with E-state index in [0.29, 0.717) is 17.9 Å². The number of nitrogens with one attached hydrogen (secondary N) is 1. The number of nitrogens with zero attached hydrogens (tertiary/aromatic N) is 3. The first-order chi connectivity index (χ1) is 12.1. The van der Waals surface area contributed by atoms with Crippen LogP contribution in [0.1, 0.15) is 16.3 Å². The molecule has 0 saturated heterocycles. The van der Waals surface area contributed by atoms with Gasteiger partial charge in [-0.1, -0.05) is 23.3 Å². The minimum atomic E-state index is -0.495. The molecule has 0 saturated carbocycles. The van der Waals surface area contributed by atoms with Gasteiger partial charge in [-0.2, -0.15) is 0 Å². The number of carbonyl (C=O) groups is 1. The molecule has 2 aromatic heterocycles. The Kier molecular flexibility index (Phi) is 4.95. The van der Waals surface area contributed by atoms with Gasteiger partial charge in [-0.3, -0.25) is 20.2 Å². The van der Waals surface area contributed by atoms with E-state index in [4.69, 9.17) is 4.42 Å². The number of hydrogen-bond acceptors (Lipinski definition) is 7. The first kappa shape index (κ1) is 16.5. The van der Waals surface area contributed by atoms with Gasteiger partial charge in [0.05, 0.1) is 11.3 Å². The minimum absolute atomic E-state index is 0.000230. The lowest BCUT2D eigenvalue weighted by atomic mass is 10.2. The molecule has 8 nitrogen and oxygen atoms in total. The fourth-order valence-corrected chi connectivity index (χ4v) is 2.69. The Hall–Kier alpha value is -3.33. The third-order valence-corrected chi connectivity index (χ3v) is 3.99. The maximum atomic E-state index is 11.9. The smallest absolute Gasteiger partial charge is 0.322 e. The average Bonchev–Trinajstić information content (AvgIpc) is 3.26. The fraction of sp³-hybridized carbons (Fsp3) is 0.0625. The highest BCUT2D eigenvalue weighted by Gasteiger charge is 2.09. The SMILES string of the molecule is O=C(/C=C/c1cccc([N+](=O)[O-])c1)Nc1nnc(Cc2cccs2)o1. The molecule has 0 aliphatic rings. The zero-order valence-electron chi connectivity index (χ0n) is 12.8. The topological polar surface area (TPSA) is 111 Å². The fourth-order valence-electron chi connectivity index (χ4n) is 2.00. The van der Waals surface area contributed by atoms with Gasteiger partial charge in [0.1, 0.15) is 0 Å². The van der Waals surface area contributed by atoms with Crippen molar-refractivity contribution in [1.29, 1.82) is 0 Å². The van der Waals surface area contributed by atoms with Crippen LogP contribution in [0.2, 0.25) is 0 Å². The van der Waals surface area contributed by atoms with Gasteiger partial charge >= 0.3 is 6.01 Å². The van der Waals surface area contributed by atoms with Crippen molar-refractivity contribution in [1.82, 2.24) is 10.2 Å². The van der Waals surface area contributed by atoms with Crippen LogP contribution in [0.5, 0.6) is 0 Å². The molecule has 0 aliphatic carbocycles. The number of aromatic nitrogens is 2. The van der Waals surface area contributed by atoms with Crippen molar-refractivity contribution >= 4 is 35.0 Å². The van der Waals surface area contributed by atoms with Gasteiger partial charge in [-0.25, -0.2) is 0 Å². The normalized spacial score (nSPS) is 10.9. The summed E-state index contributed by atoms with van der Waals surface area (Å²) in [6.07, 6.45) is 3.21. The van der Waals surface area contributed by atoms with E-state index in [1.165, 1.54) is 24.3 Å². The molecule has 1 aromatic carbocycles. The molecule has 0 atom stereocenters. The van der Waals surface area contributed by atoms with Gasteiger partial charge < -0.3 is 4.42 Å². The van der Waals surface area contributed by atoms with Gasteiger partial charge in [0.2, 0.25) is 5.89 Å². The molecule has 0 aliphatic heterocycles. The summed E-state index contributed by atoms with van der Waals surface area (Å²) in [6, 6.07) is 9.83. The number of carbonyl (C=O) groups excluding carboxylic acids is 1. The predicted octanol–water partition coefficient (Wildman–Crippen LogP) is 3.28. The van der Waals surface area contributed by atoms with Crippen molar-refractivity contribution < 1.29 is 14.1 Å². The van der Waals surface area contributed by atoms with E-state index in [9.17, 15) is 14.9 Å². The van der Waals surface area contributed by atoms with Crippen molar-refractivity contribution in [3.05, 3.63) is 74.3 Å². The summed E-state index contributed by atoms with van der Waals surface area (Å²) in [5.74, 6) is -0.0711. The zero-order valence-corrected chi connectivity index (χ0v) is 13.6. The van der Waals surface area contributed by atoms with Gasteiger partial charge in [-0.05, 0) is 23.1 Å². The summed E-state index contributed by atoms with van der Waals surface area (Å²) < 4.78 is 5.36. The van der Waals surface area contributed by atoms with Crippen molar-refractivity contribution in [2.24, 2.45) is 0 Å². The van der Waals surface area contributed by atoms with Crippen molar-refractivity contribution in [2.45, 2.75) is 6.42 Å². The van der Waals surface area contributed by atoms with E-state index in [0.717, 1.165) is 4.88 Å². The molecule has 1 N–H and O–H groups in total. The quantitative estimate of drug-likeness (QED) is 0.412. The summed E-state index contributed by atoms with van der Waals surface area (Å²) >= 11 is 1.58. The standard InChI is InChI=1S/C16H12N4O4S/c21-14(7-6-11-3-1-4-12(9-11)20(22)23)17-16-19-18-15(24-16)10-13-5-2-8-25-13/h1-9H,10H2,(H,17,19,21)/b7-6+. The molecule has 2 heterocycles. The number of rotatable bonds is 6. The number of anilines is 1. The molecule has 3 aromatic rings. The lowest BCUT2D eigenvalue weighted by Crippen LogP contribution is -2.07. The Morgan fingerprint density at radius 3 is 2.96 bits per heavy atom. The minimum Gasteiger partial charge on any atom is -0.407 e. The van der Waals surface area contributed by atoms with Crippen LogP contribution in [0.15, 0.2) is 52.3 Å². The predicted molar refractivity (Wildman–Crippen MR) is 92.2 cm³/mol. The molecule has 126 valence electrons. The number of hydrogen-bond donors (Lipinski definition) is 1. The molecule has 0 fully saturated rings. The van der Waals surface area contributed by atoms with Crippen LogP contribution in [0.4, 0.5) is 11.7 Å². The van der Waals surface area contributed by atoms with E-state index in [1.54, 1.807) is 23.5 Å². The van der Waals surface area contributed by atoms with Crippen molar-refractivity contribution in [3.63, 3.8) is 0 Å². The molecule has 1 amide bonds. The number of non-ortho nitro benzene ring substituents is 1. The van der Waals surface area contributed by atoms with E-state index in [2.05, 4.69) is 15.5 Å².